The molecule has 3 nitrogen and oxygen atoms in total. The van der Waals surface area contributed by atoms with E-state index in [9.17, 15) is 9.18 Å². The van der Waals surface area contributed by atoms with Gasteiger partial charge in [0.2, 0.25) is 5.91 Å². The normalized spacial score (nSPS) is 13.1. The van der Waals surface area contributed by atoms with E-state index in [-0.39, 0.29) is 23.2 Å². The summed E-state index contributed by atoms with van der Waals surface area (Å²) in [7, 11) is 0. The first-order valence-electron chi connectivity index (χ1n) is 6.59. The van der Waals surface area contributed by atoms with Gasteiger partial charge in [-0.2, -0.15) is 0 Å². The Bertz CT molecular complexity index is 426. The van der Waals surface area contributed by atoms with Crippen molar-refractivity contribution < 1.29 is 9.18 Å². The molecule has 0 saturated carbocycles. The Hall–Kier alpha value is -1.42. The molecule has 1 atom stereocenters. The van der Waals surface area contributed by atoms with Crippen molar-refractivity contribution in [1.82, 2.24) is 5.32 Å². The van der Waals surface area contributed by atoms with Gasteiger partial charge in [0.15, 0.2) is 0 Å². The summed E-state index contributed by atoms with van der Waals surface area (Å²) in [6, 6.07) is 6.59. The minimum absolute atomic E-state index is 0.0257. The standard InChI is InChI=1S/C15H23FN2O/c1-15(2,3)18-14(19)9-8-11(10-17)12-6-4-5-7-13(12)16/h4-7,11H,8-10,17H2,1-3H3,(H,18,19). The summed E-state index contributed by atoms with van der Waals surface area (Å²) in [6.07, 6.45) is 0.910. The number of hydrogen-bond donors (Lipinski definition) is 2. The lowest BCUT2D eigenvalue weighted by molar-refractivity contribution is -0.122. The van der Waals surface area contributed by atoms with Gasteiger partial charge in [0.05, 0.1) is 0 Å². The van der Waals surface area contributed by atoms with Gasteiger partial charge in [0.25, 0.3) is 0 Å². The fourth-order valence-electron chi connectivity index (χ4n) is 1.99. The minimum Gasteiger partial charge on any atom is -0.352 e. The van der Waals surface area contributed by atoms with Crippen molar-refractivity contribution in [3.63, 3.8) is 0 Å². The Morgan fingerprint density at radius 1 is 1.37 bits per heavy atom. The van der Waals surface area contributed by atoms with Crippen LogP contribution in [-0.4, -0.2) is 18.0 Å². The van der Waals surface area contributed by atoms with Crippen molar-refractivity contribution in [2.45, 2.75) is 45.1 Å². The first kappa shape index (κ1) is 15.6. The Balaban J connectivity index is 2.59. The Kier molecular flexibility index (Phi) is 5.48. The van der Waals surface area contributed by atoms with Crippen LogP contribution in [0.25, 0.3) is 0 Å². The summed E-state index contributed by atoms with van der Waals surface area (Å²) in [4.78, 5) is 11.7. The number of halogens is 1. The third-order valence-corrected chi connectivity index (χ3v) is 2.86. The molecule has 0 aliphatic rings. The molecule has 0 heterocycles. The number of amides is 1. The first-order chi connectivity index (χ1) is 8.83. The Morgan fingerprint density at radius 2 is 2.00 bits per heavy atom. The molecule has 1 unspecified atom stereocenters. The van der Waals surface area contributed by atoms with E-state index >= 15 is 0 Å². The average molecular weight is 266 g/mol. The van der Waals surface area contributed by atoms with Gasteiger partial charge in [-0.3, -0.25) is 4.79 Å². The van der Waals surface area contributed by atoms with Crippen LogP contribution in [0.5, 0.6) is 0 Å². The average Bonchev–Trinajstić information content (AvgIpc) is 2.29. The van der Waals surface area contributed by atoms with Crippen molar-refractivity contribution >= 4 is 5.91 Å². The molecule has 0 bridgehead atoms. The van der Waals surface area contributed by atoms with Crippen molar-refractivity contribution in [2.75, 3.05) is 6.54 Å². The molecule has 3 N–H and O–H groups in total. The van der Waals surface area contributed by atoms with E-state index in [1.54, 1.807) is 18.2 Å². The quantitative estimate of drug-likeness (QED) is 0.860. The van der Waals surface area contributed by atoms with Gasteiger partial charge in [-0.25, -0.2) is 4.39 Å². The Morgan fingerprint density at radius 3 is 2.53 bits per heavy atom. The van der Waals surface area contributed by atoms with E-state index < -0.39 is 0 Å². The van der Waals surface area contributed by atoms with Gasteiger partial charge in [-0.05, 0) is 51.3 Å². The third-order valence-electron chi connectivity index (χ3n) is 2.86. The van der Waals surface area contributed by atoms with Crippen LogP contribution in [0.2, 0.25) is 0 Å². The summed E-state index contributed by atoms with van der Waals surface area (Å²) in [6.45, 7) is 6.14. The number of carbonyl (C=O) groups excluding carboxylic acids is 1. The van der Waals surface area contributed by atoms with Gasteiger partial charge in [0, 0.05) is 12.0 Å². The summed E-state index contributed by atoms with van der Waals surface area (Å²) in [5, 5.41) is 2.89. The van der Waals surface area contributed by atoms with Crippen LogP contribution >= 0.6 is 0 Å². The van der Waals surface area contributed by atoms with E-state index in [1.807, 2.05) is 20.8 Å². The summed E-state index contributed by atoms with van der Waals surface area (Å²) < 4.78 is 13.7. The molecule has 1 amide bonds. The fourth-order valence-corrected chi connectivity index (χ4v) is 1.99. The first-order valence-corrected chi connectivity index (χ1v) is 6.59. The molecule has 1 aromatic carbocycles. The summed E-state index contributed by atoms with van der Waals surface area (Å²) >= 11 is 0. The maximum Gasteiger partial charge on any atom is 0.220 e. The summed E-state index contributed by atoms with van der Waals surface area (Å²) in [5.74, 6) is -0.400. The van der Waals surface area contributed by atoms with Crippen LogP contribution in [0.15, 0.2) is 24.3 Å². The second kappa shape index (κ2) is 6.66. The van der Waals surface area contributed by atoms with Crippen LogP contribution in [0.1, 0.15) is 45.1 Å². The zero-order valence-corrected chi connectivity index (χ0v) is 11.9. The van der Waals surface area contributed by atoms with E-state index in [0.29, 0.717) is 24.9 Å². The molecule has 1 rings (SSSR count). The van der Waals surface area contributed by atoms with Gasteiger partial charge in [-0.15, -0.1) is 0 Å². The molecule has 4 heteroatoms. The van der Waals surface area contributed by atoms with Crippen LogP contribution < -0.4 is 11.1 Å². The lowest BCUT2D eigenvalue weighted by Crippen LogP contribution is -2.40. The molecule has 0 radical (unpaired) electrons. The van der Waals surface area contributed by atoms with Gasteiger partial charge < -0.3 is 11.1 Å². The van der Waals surface area contributed by atoms with Crippen LogP contribution in [0.4, 0.5) is 4.39 Å². The molecule has 1 aromatic rings. The Labute approximate surface area is 114 Å². The molecule has 0 aliphatic carbocycles. The zero-order chi connectivity index (χ0) is 14.5. The topological polar surface area (TPSA) is 55.1 Å². The zero-order valence-electron chi connectivity index (χ0n) is 11.9. The number of hydrogen-bond acceptors (Lipinski definition) is 2. The highest BCUT2D eigenvalue weighted by Crippen LogP contribution is 2.22. The third kappa shape index (κ3) is 5.39. The van der Waals surface area contributed by atoms with E-state index in [4.69, 9.17) is 5.73 Å². The lowest BCUT2D eigenvalue weighted by atomic mass is 9.93. The van der Waals surface area contributed by atoms with Crippen molar-refractivity contribution in [3.8, 4) is 0 Å². The maximum atomic E-state index is 13.7. The molecule has 0 aliphatic heterocycles. The highest BCUT2D eigenvalue weighted by Gasteiger charge is 2.18. The summed E-state index contributed by atoms with van der Waals surface area (Å²) in [5.41, 5.74) is 6.04. The second-order valence-corrected chi connectivity index (χ2v) is 5.79. The van der Waals surface area contributed by atoms with Gasteiger partial charge in [-0.1, -0.05) is 18.2 Å². The largest absolute Gasteiger partial charge is 0.352 e. The van der Waals surface area contributed by atoms with E-state index in [2.05, 4.69) is 5.32 Å². The molecule has 0 aromatic heterocycles. The minimum atomic E-state index is -0.255. The van der Waals surface area contributed by atoms with Crippen LogP contribution in [-0.2, 0) is 4.79 Å². The van der Waals surface area contributed by atoms with Crippen molar-refractivity contribution in [1.29, 1.82) is 0 Å². The molecular formula is C15H23FN2O. The lowest BCUT2D eigenvalue weighted by Gasteiger charge is -2.21. The predicted octanol–water partition coefficient (Wildman–Crippen LogP) is 2.56. The number of rotatable bonds is 5. The molecule has 0 saturated heterocycles. The number of carbonyl (C=O) groups is 1. The highest BCUT2D eigenvalue weighted by atomic mass is 19.1. The molecule has 0 fully saturated rings. The van der Waals surface area contributed by atoms with Crippen LogP contribution in [0, 0.1) is 5.82 Å². The SMILES string of the molecule is CC(C)(C)NC(=O)CCC(CN)c1ccccc1F. The van der Waals surface area contributed by atoms with Gasteiger partial charge in [0.1, 0.15) is 5.82 Å². The van der Waals surface area contributed by atoms with Gasteiger partial charge >= 0.3 is 0 Å². The van der Waals surface area contributed by atoms with E-state index in [0.717, 1.165) is 0 Å². The van der Waals surface area contributed by atoms with Crippen molar-refractivity contribution in [2.24, 2.45) is 5.73 Å². The number of benzene rings is 1. The smallest absolute Gasteiger partial charge is 0.220 e. The molecule has 106 valence electrons. The number of nitrogens with two attached hydrogens (primary N) is 1. The van der Waals surface area contributed by atoms with Crippen molar-refractivity contribution in [3.05, 3.63) is 35.6 Å². The van der Waals surface area contributed by atoms with E-state index in [1.165, 1.54) is 6.07 Å². The maximum absolute atomic E-state index is 13.7. The highest BCUT2D eigenvalue weighted by molar-refractivity contribution is 5.76. The monoisotopic (exact) mass is 266 g/mol. The fraction of sp³-hybridized carbons (Fsp3) is 0.533. The van der Waals surface area contributed by atoms with Crippen LogP contribution in [0.3, 0.4) is 0 Å². The second-order valence-electron chi connectivity index (χ2n) is 5.79. The predicted molar refractivity (Wildman–Crippen MR) is 75.3 cm³/mol. The molecular weight excluding hydrogens is 243 g/mol. The number of nitrogens with one attached hydrogen (secondary N) is 1. The molecule has 19 heavy (non-hydrogen) atoms. The molecule has 0 spiro atoms.